The molecule has 2 aromatic carbocycles. The Morgan fingerprint density at radius 1 is 0.963 bits per heavy atom. The van der Waals surface area contributed by atoms with E-state index in [1.807, 2.05) is 30.5 Å². The number of rotatable bonds is 4. The Bertz CT molecular complexity index is 1010. The first-order valence-corrected chi connectivity index (χ1v) is 9.31. The summed E-state index contributed by atoms with van der Waals surface area (Å²) >= 11 is 1.33. The molecule has 5 nitrogen and oxygen atoms in total. The minimum absolute atomic E-state index is 0.132. The number of aryl methyl sites for hydroxylation is 1. The highest BCUT2D eigenvalue weighted by Crippen LogP contribution is 2.26. The van der Waals surface area contributed by atoms with E-state index in [9.17, 15) is 14.4 Å². The first-order valence-electron chi connectivity index (χ1n) is 8.43. The van der Waals surface area contributed by atoms with Gasteiger partial charge in [-0.2, -0.15) is 0 Å². The van der Waals surface area contributed by atoms with Gasteiger partial charge in [0.15, 0.2) is 0 Å². The van der Waals surface area contributed by atoms with Crippen molar-refractivity contribution in [3.05, 3.63) is 87.6 Å². The highest BCUT2D eigenvalue weighted by molar-refractivity contribution is 7.12. The minimum atomic E-state index is -0.382. The van der Waals surface area contributed by atoms with Crippen molar-refractivity contribution in [2.45, 2.75) is 6.92 Å². The number of fused-ring (bicyclic) bond motifs is 1. The van der Waals surface area contributed by atoms with Crippen molar-refractivity contribution in [1.82, 2.24) is 4.90 Å². The lowest BCUT2D eigenvalue weighted by Crippen LogP contribution is -2.44. The number of hydrogen-bond donors (Lipinski definition) is 0. The lowest BCUT2D eigenvalue weighted by atomic mass is 10.1. The summed E-state index contributed by atoms with van der Waals surface area (Å²) in [6, 6.07) is 17.7. The van der Waals surface area contributed by atoms with Gasteiger partial charge in [0.25, 0.3) is 17.7 Å². The Kier molecular flexibility index (Phi) is 4.33. The number of hydrogen-bond acceptors (Lipinski definition) is 4. The molecule has 0 fully saturated rings. The average Bonchev–Trinajstić information content (AvgIpc) is 3.29. The van der Waals surface area contributed by atoms with E-state index in [2.05, 4.69) is 0 Å². The fourth-order valence-electron chi connectivity index (χ4n) is 3.10. The van der Waals surface area contributed by atoms with Crippen molar-refractivity contribution < 1.29 is 14.4 Å². The van der Waals surface area contributed by atoms with E-state index in [-0.39, 0.29) is 24.4 Å². The number of carbonyl (C=O) groups excluding carboxylic acids is 3. The number of nitrogens with zero attached hydrogens (tertiary/aromatic N) is 2. The zero-order chi connectivity index (χ0) is 19.0. The summed E-state index contributed by atoms with van der Waals surface area (Å²) in [5.74, 6) is -1.01. The third-order valence-electron chi connectivity index (χ3n) is 4.45. The normalized spacial score (nSPS) is 13.0. The van der Waals surface area contributed by atoms with E-state index in [1.54, 1.807) is 42.5 Å². The van der Waals surface area contributed by atoms with Gasteiger partial charge in [-0.3, -0.25) is 24.2 Å². The molecule has 1 aliphatic rings. The maximum absolute atomic E-state index is 13.1. The third kappa shape index (κ3) is 3.04. The summed E-state index contributed by atoms with van der Waals surface area (Å²) < 4.78 is 0. The number of anilines is 1. The summed E-state index contributed by atoms with van der Waals surface area (Å²) in [5.41, 5.74) is 2.37. The lowest BCUT2D eigenvalue weighted by molar-refractivity contribution is 0.0650. The van der Waals surface area contributed by atoms with Crippen molar-refractivity contribution >= 4 is 34.7 Å². The molecule has 0 saturated carbocycles. The van der Waals surface area contributed by atoms with Crippen LogP contribution in [0.1, 0.15) is 36.0 Å². The maximum atomic E-state index is 13.1. The molecule has 3 amide bonds. The van der Waals surface area contributed by atoms with Crippen molar-refractivity contribution in [3.63, 3.8) is 0 Å². The van der Waals surface area contributed by atoms with Gasteiger partial charge in [-0.1, -0.05) is 30.3 Å². The molecule has 0 unspecified atom stereocenters. The smallest absolute Gasteiger partial charge is 0.269 e. The summed E-state index contributed by atoms with van der Waals surface area (Å²) in [5, 5.41) is 1.82. The fraction of sp³-hybridized carbons (Fsp3) is 0.0952. The van der Waals surface area contributed by atoms with E-state index in [4.69, 9.17) is 0 Å². The van der Waals surface area contributed by atoms with Crippen molar-refractivity contribution in [2.24, 2.45) is 0 Å². The van der Waals surface area contributed by atoms with Crippen LogP contribution in [0.3, 0.4) is 0 Å². The molecule has 0 bridgehead atoms. The molecule has 134 valence electrons. The topological polar surface area (TPSA) is 57.7 Å². The molecule has 2 heterocycles. The Balaban J connectivity index is 1.71. The second-order valence-corrected chi connectivity index (χ2v) is 7.22. The first kappa shape index (κ1) is 17.2. The van der Waals surface area contributed by atoms with E-state index in [0.717, 1.165) is 10.5 Å². The van der Waals surface area contributed by atoms with Crippen LogP contribution in [0.15, 0.2) is 66.0 Å². The van der Waals surface area contributed by atoms with Gasteiger partial charge in [0.2, 0.25) is 0 Å². The van der Waals surface area contributed by atoms with Gasteiger partial charge in [0.1, 0.15) is 6.67 Å². The number of imide groups is 1. The molecular formula is C21H16N2O3S. The molecule has 0 aliphatic carbocycles. The Hall–Kier alpha value is -3.25. The molecule has 1 aromatic heterocycles. The van der Waals surface area contributed by atoms with Crippen LogP contribution in [0.2, 0.25) is 0 Å². The molecule has 0 atom stereocenters. The predicted molar refractivity (Wildman–Crippen MR) is 104 cm³/mol. The highest BCUT2D eigenvalue weighted by Gasteiger charge is 2.37. The molecule has 3 aromatic rings. The quantitative estimate of drug-likeness (QED) is 0.648. The molecule has 1 aliphatic heterocycles. The zero-order valence-corrected chi connectivity index (χ0v) is 15.4. The monoisotopic (exact) mass is 376 g/mol. The summed E-state index contributed by atoms with van der Waals surface area (Å²) in [7, 11) is 0. The van der Waals surface area contributed by atoms with E-state index in [0.29, 0.717) is 21.7 Å². The highest BCUT2D eigenvalue weighted by atomic mass is 32.1. The predicted octanol–water partition coefficient (Wildman–Crippen LogP) is 3.96. The van der Waals surface area contributed by atoms with Crippen LogP contribution >= 0.6 is 11.3 Å². The van der Waals surface area contributed by atoms with Gasteiger partial charge in [-0.25, -0.2) is 0 Å². The van der Waals surface area contributed by atoms with Gasteiger partial charge in [-0.15, -0.1) is 11.3 Å². The molecule has 27 heavy (non-hydrogen) atoms. The molecular weight excluding hydrogens is 360 g/mol. The molecule has 0 saturated heterocycles. The standard InChI is InChI=1S/C21H16N2O3S/c1-14-6-4-7-15(12-14)22(21(26)18-10-5-11-27-18)13-23-19(24)16-8-2-3-9-17(16)20(23)25/h2-12H,13H2,1H3. The van der Waals surface area contributed by atoms with Crippen LogP contribution < -0.4 is 4.90 Å². The van der Waals surface area contributed by atoms with Crippen LogP contribution in [-0.4, -0.2) is 29.3 Å². The molecule has 0 radical (unpaired) electrons. The van der Waals surface area contributed by atoms with Crippen LogP contribution in [0.25, 0.3) is 0 Å². The summed E-state index contributed by atoms with van der Waals surface area (Å²) in [4.78, 5) is 41.7. The van der Waals surface area contributed by atoms with Crippen molar-refractivity contribution in [1.29, 1.82) is 0 Å². The summed E-state index contributed by atoms with van der Waals surface area (Å²) in [6.07, 6.45) is 0. The van der Waals surface area contributed by atoms with E-state index < -0.39 is 0 Å². The van der Waals surface area contributed by atoms with Gasteiger partial charge in [0.05, 0.1) is 16.0 Å². The maximum Gasteiger partial charge on any atom is 0.269 e. The Morgan fingerprint density at radius 2 is 1.67 bits per heavy atom. The largest absolute Gasteiger partial charge is 0.289 e. The van der Waals surface area contributed by atoms with Gasteiger partial charge in [-0.05, 0) is 48.2 Å². The van der Waals surface area contributed by atoms with Crippen LogP contribution in [-0.2, 0) is 0 Å². The summed E-state index contributed by atoms with van der Waals surface area (Å²) in [6.45, 7) is 1.80. The lowest BCUT2D eigenvalue weighted by Gasteiger charge is -2.27. The second kappa shape index (κ2) is 6.81. The SMILES string of the molecule is Cc1cccc(N(CN2C(=O)c3ccccc3C2=O)C(=O)c2cccs2)c1. The van der Waals surface area contributed by atoms with Gasteiger partial charge < -0.3 is 0 Å². The van der Waals surface area contributed by atoms with Crippen molar-refractivity contribution in [3.8, 4) is 0 Å². The number of benzene rings is 2. The van der Waals surface area contributed by atoms with Gasteiger partial charge >= 0.3 is 0 Å². The van der Waals surface area contributed by atoms with Gasteiger partial charge in [0, 0.05) is 5.69 Å². The van der Waals surface area contributed by atoms with Crippen LogP contribution in [0, 0.1) is 6.92 Å². The number of amides is 3. The minimum Gasteiger partial charge on any atom is -0.289 e. The molecule has 0 N–H and O–H groups in total. The van der Waals surface area contributed by atoms with Crippen molar-refractivity contribution in [2.75, 3.05) is 11.6 Å². The second-order valence-electron chi connectivity index (χ2n) is 6.27. The fourth-order valence-corrected chi connectivity index (χ4v) is 3.77. The number of thiophene rings is 1. The van der Waals surface area contributed by atoms with Crippen LogP contribution in [0.4, 0.5) is 5.69 Å². The number of carbonyl (C=O) groups is 3. The molecule has 4 rings (SSSR count). The molecule has 0 spiro atoms. The van der Waals surface area contributed by atoms with E-state index >= 15 is 0 Å². The average molecular weight is 376 g/mol. The Labute approximate surface area is 160 Å². The van der Waals surface area contributed by atoms with E-state index in [1.165, 1.54) is 16.2 Å². The third-order valence-corrected chi connectivity index (χ3v) is 5.31. The Morgan fingerprint density at radius 3 is 2.26 bits per heavy atom. The zero-order valence-electron chi connectivity index (χ0n) is 14.6. The first-order chi connectivity index (χ1) is 13.1. The van der Waals surface area contributed by atoms with Crippen LogP contribution in [0.5, 0.6) is 0 Å². The molecule has 6 heteroatoms.